The van der Waals surface area contributed by atoms with E-state index in [2.05, 4.69) is 27.7 Å². The molecule has 2 aromatic rings. The van der Waals surface area contributed by atoms with Gasteiger partial charge in [0, 0.05) is 24.5 Å². The van der Waals surface area contributed by atoms with Gasteiger partial charge in [0.25, 0.3) is 5.91 Å². The van der Waals surface area contributed by atoms with Crippen molar-refractivity contribution in [2.75, 3.05) is 29.9 Å². The van der Waals surface area contributed by atoms with Gasteiger partial charge in [-0.05, 0) is 74.8 Å². The maximum Gasteiger partial charge on any atom is 0.264 e. The van der Waals surface area contributed by atoms with E-state index in [1.807, 2.05) is 44.2 Å². The molecule has 0 radical (unpaired) electrons. The first-order valence-corrected chi connectivity index (χ1v) is 9.58. The number of ether oxygens (including phenoxy) is 1. The van der Waals surface area contributed by atoms with Crippen molar-refractivity contribution in [3.05, 3.63) is 53.6 Å². The Morgan fingerprint density at radius 3 is 2.48 bits per heavy atom. The average Bonchev–Trinajstić information content (AvgIpc) is 3.16. The Hall–Kier alpha value is -2.60. The maximum absolute atomic E-state index is 12.1. The molecule has 0 saturated carbocycles. The zero-order valence-electron chi connectivity index (χ0n) is 15.7. The largest absolute Gasteiger partial charge is 0.483 e. The minimum absolute atomic E-state index is 0.0837. The van der Waals surface area contributed by atoms with Crippen molar-refractivity contribution in [3.8, 4) is 5.75 Å². The summed E-state index contributed by atoms with van der Waals surface area (Å²) in [5.41, 5.74) is 4.22. The number of hydrogen-bond donors (Lipinski definition) is 2. The predicted octanol–water partition coefficient (Wildman–Crippen LogP) is 3.80. The van der Waals surface area contributed by atoms with Crippen LogP contribution in [-0.4, -0.2) is 30.7 Å². The zero-order valence-corrected chi connectivity index (χ0v) is 16.6. The van der Waals surface area contributed by atoms with E-state index in [0.717, 1.165) is 29.9 Å². The van der Waals surface area contributed by atoms with Gasteiger partial charge in [0.2, 0.25) is 0 Å². The van der Waals surface area contributed by atoms with Crippen LogP contribution in [-0.2, 0) is 4.79 Å². The SMILES string of the molecule is Cc1ccc(OCC(=O)NC(=S)Nc2ccc(N3CCCC3)cc2)c(C)c1. The highest BCUT2D eigenvalue weighted by Gasteiger charge is 2.12. The minimum atomic E-state index is -0.291. The van der Waals surface area contributed by atoms with Crippen molar-refractivity contribution in [2.24, 2.45) is 0 Å². The van der Waals surface area contributed by atoms with Gasteiger partial charge >= 0.3 is 0 Å². The summed E-state index contributed by atoms with van der Waals surface area (Å²) < 4.78 is 5.57. The number of nitrogens with zero attached hydrogens (tertiary/aromatic N) is 1. The van der Waals surface area contributed by atoms with E-state index in [-0.39, 0.29) is 17.6 Å². The highest BCUT2D eigenvalue weighted by Crippen LogP contribution is 2.22. The highest BCUT2D eigenvalue weighted by molar-refractivity contribution is 7.80. The second-order valence-electron chi connectivity index (χ2n) is 6.80. The highest BCUT2D eigenvalue weighted by atomic mass is 32.1. The Bertz CT molecular complexity index is 815. The van der Waals surface area contributed by atoms with Crippen molar-refractivity contribution in [2.45, 2.75) is 26.7 Å². The number of benzene rings is 2. The summed E-state index contributed by atoms with van der Waals surface area (Å²) in [6.45, 7) is 6.12. The summed E-state index contributed by atoms with van der Waals surface area (Å²) in [5, 5.41) is 5.94. The summed E-state index contributed by atoms with van der Waals surface area (Å²) in [6, 6.07) is 13.9. The average molecular weight is 384 g/mol. The Morgan fingerprint density at radius 1 is 1.11 bits per heavy atom. The number of thiocarbonyl (C=S) groups is 1. The van der Waals surface area contributed by atoms with E-state index in [0.29, 0.717) is 5.75 Å². The lowest BCUT2D eigenvalue weighted by molar-refractivity contribution is -0.121. The van der Waals surface area contributed by atoms with Crippen molar-refractivity contribution < 1.29 is 9.53 Å². The zero-order chi connectivity index (χ0) is 19.2. The topological polar surface area (TPSA) is 53.6 Å². The molecule has 6 heteroatoms. The maximum atomic E-state index is 12.1. The smallest absolute Gasteiger partial charge is 0.264 e. The van der Waals surface area contributed by atoms with Crippen LogP contribution in [0, 0.1) is 13.8 Å². The first kappa shape index (κ1) is 19.2. The molecule has 2 aromatic carbocycles. The number of carbonyl (C=O) groups excluding carboxylic acids is 1. The molecule has 0 bridgehead atoms. The molecule has 0 unspecified atom stereocenters. The van der Waals surface area contributed by atoms with E-state index in [1.54, 1.807) is 0 Å². The fraction of sp³-hybridized carbons (Fsp3) is 0.333. The Balaban J connectivity index is 1.46. The molecule has 2 N–H and O–H groups in total. The summed E-state index contributed by atoms with van der Waals surface area (Å²) in [4.78, 5) is 14.4. The molecule has 0 atom stereocenters. The molecule has 1 aliphatic heterocycles. The third kappa shape index (κ3) is 5.44. The lowest BCUT2D eigenvalue weighted by Crippen LogP contribution is -2.37. The Kier molecular flexibility index (Phi) is 6.29. The molecule has 3 rings (SSSR count). The van der Waals surface area contributed by atoms with Gasteiger partial charge in [-0.1, -0.05) is 17.7 Å². The fourth-order valence-corrected chi connectivity index (χ4v) is 3.39. The molecular weight excluding hydrogens is 358 g/mol. The molecule has 1 aliphatic rings. The van der Waals surface area contributed by atoms with Crippen molar-refractivity contribution in [3.63, 3.8) is 0 Å². The van der Waals surface area contributed by atoms with Crippen LogP contribution in [0.15, 0.2) is 42.5 Å². The van der Waals surface area contributed by atoms with Gasteiger partial charge in [-0.15, -0.1) is 0 Å². The third-order valence-corrected chi connectivity index (χ3v) is 4.74. The molecule has 1 amide bonds. The van der Waals surface area contributed by atoms with Gasteiger partial charge in [0.05, 0.1) is 0 Å². The van der Waals surface area contributed by atoms with Crippen LogP contribution in [0.5, 0.6) is 5.75 Å². The Morgan fingerprint density at radius 2 is 1.81 bits per heavy atom. The van der Waals surface area contributed by atoms with Gasteiger partial charge in [0.15, 0.2) is 11.7 Å². The van der Waals surface area contributed by atoms with Crippen LogP contribution in [0.25, 0.3) is 0 Å². The van der Waals surface area contributed by atoms with Crippen LogP contribution in [0.3, 0.4) is 0 Å². The normalized spacial score (nSPS) is 13.3. The number of carbonyl (C=O) groups is 1. The minimum Gasteiger partial charge on any atom is -0.483 e. The molecule has 1 fully saturated rings. The van der Waals surface area contributed by atoms with Gasteiger partial charge in [-0.2, -0.15) is 0 Å². The van der Waals surface area contributed by atoms with Crippen LogP contribution < -0.4 is 20.3 Å². The summed E-state index contributed by atoms with van der Waals surface area (Å²) in [5.74, 6) is 0.410. The van der Waals surface area contributed by atoms with Crippen LogP contribution in [0.1, 0.15) is 24.0 Å². The summed E-state index contributed by atoms with van der Waals surface area (Å²) >= 11 is 5.22. The Labute approximate surface area is 165 Å². The lowest BCUT2D eigenvalue weighted by Gasteiger charge is -2.18. The number of rotatable bonds is 5. The number of aryl methyl sites for hydroxylation is 2. The number of hydrogen-bond acceptors (Lipinski definition) is 4. The molecule has 0 aliphatic carbocycles. The molecule has 0 aromatic heterocycles. The molecule has 27 heavy (non-hydrogen) atoms. The second kappa shape index (κ2) is 8.86. The van der Waals surface area contributed by atoms with Gasteiger partial charge in [0.1, 0.15) is 5.75 Å². The van der Waals surface area contributed by atoms with E-state index in [4.69, 9.17) is 17.0 Å². The second-order valence-corrected chi connectivity index (χ2v) is 7.21. The van der Waals surface area contributed by atoms with E-state index >= 15 is 0 Å². The predicted molar refractivity (Wildman–Crippen MR) is 114 cm³/mol. The first-order chi connectivity index (χ1) is 13.0. The lowest BCUT2D eigenvalue weighted by atomic mass is 10.1. The fourth-order valence-electron chi connectivity index (χ4n) is 3.16. The van der Waals surface area contributed by atoms with E-state index in [9.17, 15) is 4.79 Å². The van der Waals surface area contributed by atoms with Gasteiger partial charge < -0.3 is 15.0 Å². The van der Waals surface area contributed by atoms with Crippen molar-refractivity contribution in [1.29, 1.82) is 0 Å². The molecule has 0 spiro atoms. The van der Waals surface area contributed by atoms with Crippen LogP contribution in [0.2, 0.25) is 0 Å². The third-order valence-electron chi connectivity index (χ3n) is 4.54. The standard InChI is InChI=1S/C21H25N3O2S/c1-15-5-10-19(16(2)13-15)26-14-20(25)23-21(27)22-17-6-8-18(9-7-17)24-11-3-4-12-24/h5-10,13H,3-4,11-12,14H2,1-2H3,(H2,22,23,25,27). The molecule has 142 valence electrons. The molecule has 1 heterocycles. The quantitative estimate of drug-likeness (QED) is 0.770. The molecule has 5 nitrogen and oxygen atoms in total. The summed E-state index contributed by atoms with van der Waals surface area (Å²) in [7, 11) is 0. The number of nitrogens with one attached hydrogen (secondary N) is 2. The monoisotopic (exact) mass is 383 g/mol. The number of amides is 1. The van der Waals surface area contributed by atoms with E-state index < -0.39 is 0 Å². The van der Waals surface area contributed by atoms with Gasteiger partial charge in [-0.25, -0.2) is 0 Å². The summed E-state index contributed by atoms with van der Waals surface area (Å²) in [6.07, 6.45) is 2.50. The number of anilines is 2. The van der Waals surface area contributed by atoms with Crippen LogP contribution in [0.4, 0.5) is 11.4 Å². The molecular formula is C21H25N3O2S. The molecule has 1 saturated heterocycles. The van der Waals surface area contributed by atoms with Gasteiger partial charge in [-0.3, -0.25) is 10.1 Å². The van der Waals surface area contributed by atoms with Crippen molar-refractivity contribution >= 4 is 34.6 Å². The van der Waals surface area contributed by atoms with Crippen molar-refractivity contribution in [1.82, 2.24) is 5.32 Å². The first-order valence-electron chi connectivity index (χ1n) is 9.17. The van der Waals surface area contributed by atoms with Crippen LogP contribution >= 0.6 is 12.2 Å². The van der Waals surface area contributed by atoms with E-state index in [1.165, 1.54) is 18.5 Å².